The van der Waals surface area contributed by atoms with E-state index in [4.69, 9.17) is 0 Å². The van der Waals surface area contributed by atoms with E-state index >= 15 is 0 Å². The Bertz CT molecular complexity index is 325. The van der Waals surface area contributed by atoms with Crippen LogP contribution in [-0.2, 0) is 0 Å². The molecule has 1 aliphatic heterocycles. The summed E-state index contributed by atoms with van der Waals surface area (Å²) in [5.74, 6) is 0.710. The molecule has 1 aliphatic rings. The van der Waals surface area contributed by atoms with Crippen molar-refractivity contribution >= 4 is 0 Å². The van der Waals surface area contributed by atoms with E-state index in [-0.39, 0.29) is 12.6 Å². The van der Waals surface area contributed by atoms with Crippen molar-refractivity contribution in [2.45, 2.75) is 19.9 Å². The van der Waals surface area contributed by atoms with Gasteiger partial charge in [-0.05, 0) is 18.4 Å². The molecule has 2 rings (SSSR count). The van der Waals surface area contributed by atoms with E-state index < -0.39 is 0 Å². The van der Waals surface area contributed by atoms with Crippen LogP contribution in [0.4, 0.5) is 4.39 Å². The van der Waals surface area contributed by atoms with Gasteiger partial charge in [0.05, 0.1) is 6.67 Å². The number of hydrogen-bond donors (Lipinski definition) is 0. The predicted octanol–water partition coefficient (Wildman–Crippen LogP) is 3.29. The van der Waals surface area contributed by atoms with Gasteiger partial charge in [0.2, 0.25) is 0 Å². The molecule has 0 aromatic heterocycles. The maximum atomic E-state index is 12.8. The van der Waals surface area contributed by atoms with Crippen LogP contribution < -0.4 is 0 Å². The van der Waals surface area contributed by atoms with E-state index in [0.29, 0.717) is 12.0 Å². The fourth-order valence-corrected chi connectivity index (χ4v) is 2.53. The summed E-state index contributed by atoms with van der Waals surface area (Å²) in [5, 5.41) is 0. The van der Waals surface area contributed by atoms with Crippen molar-refractivity contribution < 1.29 is 4.39 Å². The highest BCUT2D eigenvalue weighted by molar-refractivity contribution is 5.18. The molecule has 1 aromatic rings. The first-order chi connectivity index (χ1) is 7.72. The van der Waals surface area contributed by atoms with Gasteiger partial charge in [-0.1, -0.05) is 37.3 Å². The molecule has 1 nitrogen and oxygen atoms in total. The first-order valence-electron chi connectivity index (χ1n) is 6.07. The van der Waals surface area contributed by atoms with Gasteiger partial charge in [-0.2, -0.15) is 0 Å². The van der Waals surface area contributed by atoms with E-state index in [1.807, 2.05) is 6.07 Å². The van der Waals surface area contributed by atoms with Crippen LogP contribution in [0.25, 0.3) is 0 Å². The molecule has 0 saturated carbocycles. The zero-order valence-corrected chi connectivity index (χ0v) is 10.1. The summed E-state index contributed by atoms with van der Waals surface area (Å²) < 4.78 is 12.8. The Morgan fingerprint density at radius 2 is 2.00 bits per heavy atom. The quantitative estimate of drug-likeness (QED) is 0.757. The fraction of sp³-hybridized carbons (Fsp3) is 0.571. The standard InChI is InChI=1S/C14H20FN/c1-11-9-16(10-14(11)8-15)12(2)13-6-4-3-5-7-13/h3-7,11-12,14H,8-10H2,1-2H3. The maximum absolute atomic E-state index is 12.8. The summed E-state index contributed by atoms with van der Waals surface area (Å²) in [6, 6.07) is 10.9. The summed E-state index contributed by atoms with van der Waals surface area (Å²) in [6.07, 6.45) is 0. The molecule has 0 aliphatic carbocycles. The largest absolute Gasteiger partial charge is 0.296 e. The van der Waals surface area contributed by atoms with Gasteiger partial charge in [-0.25, -0.2) is 0 Å². The minimum absolute atomic E-state index is 0.181. The van der Waals surface area contributed by atoms with Crippen LogP contribution >= 0.6 is 0 Å². The lowest BCUT2D eigenvalue weighted by Crippen LogP contribution is -2.24. The molecule has 2 heteroatoms. The number of hydrogen-bond acceptors (Lipinski definition) is 1. The second kappa shape index (κ2) is 4.96. The number of alkyl halides is 1. The van der Waals surface area contributed by atoms with Crippen molar-refractivity contribution in [1.29, 1.82) is 0 Å². The van der Waals surface area contributed by atoms with Crippen molar-refractivity contribution in [2.75, 3.05) is 19.8 Å². The Morgan fingerprint density at radius 3 is 2.56 bits per heavy atom. The molecule has 0 radical (unpaired) electrons. The molecule has 3 unspecified atom stereocenters. The number of nitrogens with zero attached hydrogens (tertiary/aromatic N) is 1. The SMILES string of the molecule is CC1CN(C(C)c2ccccc2)CC1CF. The molecule has 0 bridgehead atoms. The zero-order valence-electron chi connectivity index (χ0n) is 10.1. The van der Waals surface area contributed by atoms with E-state index in [1.165, 1.54) is 5.56 Å². The number of benzene rings is 1. The third kappa shape index (κ3) is 2.27. The fourth-order valence-electron chi connectivity index (χ4n) is 2.53. The Morgan fingerprint density at radius 1 is 1.31 bits per heavy atom. The lowest BCUT2D eigenvalue weighted by molar-refractivity contribution is 0.243. The molecule has 1 heterocycles. The van der Waals surface area contributed by atoms with E-state index in [0.717, 1.165) is 13.1 Å². The highest BCUT2D eigenvalue weighted by Gasteiger charge is 2.32. The molecule has 0 amide bonds. The third-order valence-corrected chi connectivity index (χ3v) is 3.82. The van der Waals surface area contributed by atoms with Crippen molar-refractivity contribution in [3.63, 3.8) is 0 Å². The number of rotatable bonds is 3. The Hall–Kier alpha value is -0.890. The number of likely N-dealkylation sites (tertiary alicyclic amines) is 1. The summed E-state index contributed by atoms with van der Waals surface area (Å²) in [6.45, 7) is 6.10. The highest BCUT2D eigenvalue weighted by Crippen LogP contribution is 2.30. The highest BCUT2D eigenvalue weighted by atomic mass is 19.1. The van der Waals surface area contributed by atoms with Gasteiger partial charge in [-0.15, -0.1) is 0 Å². The van der Waals surface area contributed by atoms with Crippen LogP contribution in [0.3, 0.4) is 0 Å². The first kappa shape index (κ1) is 11.6. The van der Waals surface area contributed by atoms with Crippen LogP contribution in [0.2, 0.25) is 0 Å². The zero-order chi connectivity index (χ0) is 11.5. The molecular formula is C14H20FN. The van der Waals surface area contributed by atoms with Crippen LogP contribution in [-0.4, -0.2) is 24.7 Å². The van der Waals surface area contributed by atoms with E-state index in [1.54, 1.807) is 0 Å². The van der Waals surface area contributed by atoms with Gasteiger partial charge in [0, 0.05) is 25.0 Å². The average molecular weight is 221 g/mol. The van der Waals surface area contributed by atoms with Crippen LogP contribution in [0.5, 0.6) is 0 Å². The van der Waals surface area contributed by atoms with Gasteiger partial charge < -0.3 is 0 Å². The third-order valence-electron chi connectivity index (χ3n) is 3.82. The van der Waals surface area contributed by atoms with Crippen molar-refractivity contribution in [1.82, 2.24) is 4.90 Å². The molecule has 0 N–H and O–H groups in total. The smallest absolute Gasteiger partial charge is 0.0937 e. The Labute approximate surface area is 97.3 Å². The topological polar surface area (TPSA) is 3.24 Å². The lowest BCUT2D eigenvalue weighted by atomic mass is 10.0. The molecule has 1 saturated heterocycles. The van der Waals surface area contributed by atoms with E-state index in [2.05, 4.69) is 43.0 Å². The monoisotopic (exact) mass is 221 g/mol. The normalized spacial score (nSPS) is 28.2. The molecule has 1 fully saturated rings. The minimum Gasteiger partial charge on any atom is -0.296 e. The molecule has 3 atom stereocenters. The van der Waals surface area contributed by atoms with E-state index in [9.17, 15) is 4.39 Å². The maximum Gasteiger partial charge on any atom is 0.0937 e. The van der Waals surface area contributed by atoms with Crippen LogP contribution in [0.1, 0.15) is 25.5 Å². The van der Waals surface area contributed by atoms with Gasteiger partial charge in [0.25, 0.3) is 0 Å². The molecule has 16 heavy (non-hydrogen) atoms. The van der Waals surface area contributed by atoms with Gasteiger partial charge in [0.1, 0.15) is 0 Å². The summed E-state index contributed by atoms with van der Waals surface area (Å²) >= 11 is 0. The molecule has 1 aromatic carbocycles. The average Bonchev–Trinajstić information content (AvgIpc) is 2.71. The summed E-state index contributed by atoms with van der Waals surface area (Å²) in [4.78, 5) is 2.39. The lowest BCUT2D eigenvalue weighted by Gasteiger charge is -2.24. The second-order valence-electron chi connectivity index (χ2n) is 4.93. The second-order valence-corrected chi connectivity index (χ2v) is 4.93. The van der Waals surface area contributed by atoms with Crippen molar-refractivity contribution in [3.05, 3.63) is 35.9 Å². The predicted molar refractivity (Wildman–Crippen MR) is 65.1 cm³/mol. The number of halogens is 1. The molecule has 0 spiro atoms. The Kier molecular flexibility index (Phi) is 3.59. The summed E-state index contributed by atoms with van der Waals surface area (Å²) in [5.41, 5.74) is 1.33. The minimum atomic E-state index is -0.181. The van der Waals surface area contributed by atoms with Gasteiger partial charge in [0.15, 0.2) is 0 Å². The van der Waals surface area contributed by atoms with Crippen LogP contribution in [0, 0.1) is 11.8 Å². The summed E-state index contributed by atoms with van der Waals surface area (Å²) in [7, 11) is 0. The van der Waals surface area contributed by atoms with Crippen molar-refractivity contribution in [2.24, 2.45) is 11.8 Å². The molecular weight excluding hydrogens is 201 g/mol. The van der Waals surface area contributed by atoms with Gasteiger partial charge in [-0.3, -0.25) is 9.29 Å². The first-order valence-corrected chi connectivity index (χ1v) is 6.07. The van der Waals surface area contributed by atoms with Crippen molar-refractivity contribution in [3.8, 4) is 0 Å². The van der Waals surface area contributed by atoms with Crippen LogP contribution in [0.15, 0.2) is 30.3 Å². The molecule has 88 valence electrons. The van der Waals surface area contributed by atoms with Gasteiger partial charge >= 0.3 is 0 Å². The Balaban J connectivity index is 2.04.